The SMILES string of the molecule is FC(F)(F)CCC(F)(F)C(F)(F)C(F)(F)C(F)(F)C(F)(F)C(F)(F)C(F)(F)[n+]1c2ccccc2cc2ccccc21.[I-]. The fraction of sp³-hybridized carbons (Fsp3) is 0.435. The molecule has 0 aliphatic heterocycles. The first-order chi connectivity index (χ1) is 18.3. The van der Waals surface area contributed by atoms with E-state index < -0.39 is 87.0 Å². The lowest BCUT2D eigenvalue weighted by atomic mass is 9.89. The van der Waals surface area contributed by atoms with Crippen LogP contribution in [0, 0.1) is 0 Å². The Morgan fingerprint density at radius 2 is 0.810 bits per heavy atom. The molecule has 0 unspecified atom stereocenters. The molecule has 1 nitrogen and oxygen atoms in total. The number of fused-ring (bicyclic) bond motifs is 2. The van der Waals surface area contributed by atoms with Gasteiger partial charge in [0.05, 0.1) is 0 Å². The molecule has 0 radical (unpaired) electrons. The summed E-state index contributed by atoms with van der Waals surface area (Å²) in [5, 5.41) is -0.809. The summed E-state index contributed by atoms with van der Waals surface area (Å²) in [6.07, 6.45) is -12.2. The normalized spacial score (nSPS) is 14.8. The van der Waals surface area contributed by atoms with E-state index in [1.807, 2.05) is 0 Å². The number of para-hydroxylation sites is 2. The Bertz CT molecular complexity index is 1380. The van der Waals surface area contributed by atoms with E-state index in [0.29, 0.717) is 12.1 Å². The van der Waals surface area contributed by atoms with Gasteiger partial charge in [-0.25, -0.2) is 0 Å². The van der Waals surface area contributed by atoms with Gasteiger partial charge in [0.1, 0.15) is 0 Å². The van der Waals surface area contributed by atoms with Crippen LogP contribution in [0.15, 0.2) is 54.6 Å². The maximum absolute atomic E-state index is 15.3. The van der Waals surface area contributed by atoms with Crippen LogP contribution < -0.4 is 28.5 Å². The second-order valence-electron chi connectivity index (χ2n) is 8.83. The molecular formula is C23H13F17IN. The van der Waals surface area contributed by atoms with Gasteiger partial charge < -0.3 is 24.0 Å². The van der Waals surface area contributed by atoms with Crippen molar-refractivity contribution in [3.63, 3.8) is 0 Å². The Morgan fingerprint density at radius 3 is 1.21 bits per heavy atom. The zero-order valence-corrected chi connectivity index (χ0v) is 22.0. The molecule has 42 heavy (non-hydrogen) atoms. The number of nitrogens with zero attached hydrogens (tertiary/aromatic N) is 1. The van der Waals surface area contributed by atoms with Crippen molar-refractivity contribution in [3.05, 3.63) is 54.6 Å². The fourth-order valence-corrected chi connectivity index (χ4v) is 3.83. The Kier molecular flexibility index (Phi) is 9.11. The molecule has 0 saturated heterocycles. The number of benzene rings is 2. The van der Waals surface area contributed by atoms with Crippen molar-refractivity contribution in [1.29, 1.82) is 0 Å². The van der Waals surface area contributed by atoms with Crippen molar-refractivity contribution in [2.45, 2.75) is 60.6 Å². The average molecular weight is 753 g/mol. The van der Waals surface area contributed by atoms with E-state index in [1.54, 1.807) is 0 Å². The molecule has 1 aromatic heterocycles. The van der Waals surface area contributed by atoms with Gasteiger partial charge in [-0.05, 0) is 18.2 Å². The predicted octanol–water partition coefficient (Wildman–Crippen LogP) is 5.99. The minimum atomic E-state index is -8.40. The molecule has 0 saturated carbocycles. The molecule has 3 rings (SSSR count). The number of halogens is 18. The highest BCUT2D eigenvalue weighted by molar-refractivity contribution is 5.88. The van der Waals surface area contributed by atoms with E-state index in [-0.39, 0.29) is 24.0 Å². The maximum atomic E-state index is 15.3. The maximum Gasteiger partial charge on any atom is 0.535 e. The van der Waals surface area contributed by atoms with Gasteiger partial charge in [0.2, 0.25) is 11.0 Å². The third-order valence-electron chi connectivity index (χ3n) is 6.08. The fourth-order valence-electron chi connectivity index (χ4n) is 3.83. The lowest BCUT2D eigenvalue weighted by Crippen LogP contribution is -3.00. The van der Waals surface area contributed by atoms with E-state index in [1.165, 1.54) is 0 Å². The smallest absolute Gasteiger partial charge is 0.535 e. The van der Waals surface area contributed by atoms with Gasteiger partial charge in [-0.1, -0.05) is 24.3 Å². The number of rotatable bonds is 9. The summed E-state index contributed by atoms with van der Waals surface area (Å²) in [5.41, 5.74) is -2.13. The summed E-state index contributed by atoms with van der Waals surface area (Å²) in [4.78, 5) is 0. The summed E-state index contributed by atoms with van der Waals surface area (Å²) in [5.74, 6) is -47.4. The number of hydrogen-bond acceptors (Lipinski definition) is 0. The Hall–Kier alpha value is -2.35. The van der Waals surface area contributed by atoms with E-state index in [4.69, 9.17) is 0 Å². The van der Waals surface area contributed by atoms with E-state index in [9.17, 15) is 65.9 Å². The van der Waals surface area contributed by atoms with E-state index in [0.717, 1.165) is 42.5 Å². The molecule has 236 valence electrons. The minimum Gasteiger partial charge on any atom is -1.00 e. The molecule has 0 amide bonds. The molecule has 0 spiro atoms. The van der Waals surface area contributed by atoms with Crippen LogP contribution in [0.3, 0.4) is 0 Å². The number of aromatic nitrogens is 1. The van der Waals surface area contributed by atoms with Crippen LogP contribution in [0.4, 0.5) is 74.6 Å². The summed E-state index contributed by atoms with van der Waals surface area (Å²) in [6.45, 7) is 0. The lowest BCUT2D eigenvalue weighted by Gasteiger charge is -2.41. The molecule has 19 heteroatoms. The van der Waals surface area contributed by atoms with Crippen LogP contribution >= 0.6 is 0 Å². The molecule has 0 atom stereocenters. The molecule has 0 fully saturated rings. The predicted molar refractivity (Wildman–Crippen MR) is 107 cm³/mol. The first-order valence-electron chi connectivity index (χ1n) is 10.8. The first kappa shape index (κ1) is 35.8. The lowest BCUT2D eigenvalue weighted by molar-refractivity contribution is -0.814. The molecule has 0 aliphatic carbocycles. The second-order valence-corrected chi connectivity index (χ2v) is 8.83. The summed E-state index contributed by atoms with van der Waals surface area (Å²) >= 11 is 0. The van der Waals surface area contributed by atoms with Crippen LogP contribution in [-0.2, 0) is 6.05 Å². The Labute approximate surface area is 240 Å². The van der Waals surface area contributed by atoms with Crippen molar-refractivity contribution in [3.8, 4) is 0 Å². The minimum absolute atomic E-state index is 0. The quantitative estimate of drug-likeness (QED) is 0.110. The monoisotopic (exact) mass is 753 g/mol. The van der Waals surface area contributed by atoms with Gasteiger partial charge in [0, 0.05) is 35.7 Å². The third kappa shape index (κ3) is 5.20. The standard InChI is InChI=1S/C23H13F17N.HI/c24-16(25,9-10-17(26,27)28)18(29,30)19(31,32)20(33,34)21(35,36)22(37,38)23(39,40)41-14-7-3-1-5-12(14)11-13-6-2-4-8-15(13)41;/h1-8,11H,9-10H2;1H/q+1;/p-1. The van der Waals surface area contributed by atoms with Crippen LogP contribution in [0.2, 0.25) is 0 Å². The average Bonchev–Trinajstić information content (AvgIpc) is 2.84. The Morgan fingerprint density at radius 1 is 0.452 bits per heavy atom. The highest BCUT2D eigenvalue weighted by Gasteiger charge is 2.95. The Balaban J connectivity index is 0.00000616. The molecule has 0 bridgehead atoms. The van der Waals surface area contributed by atoms with Crippen molar-refractivity contribution >= 4 is 21.8 Å². The molecule has 3 aromatic rings. The van der Waals surface area contributed by atoms with E-state index in [2.05, 4.69) is 0 Å². The second kappa shape index (κ2) is 10.7. The number of hydrogen-bond donors (Lipinski definition) is 0. The largest absolute Gasteiger partial charge is 1.00 e. The van der Waals surface area contributed by atoms with Gasteiger partial charge in [-0.15, -0.1) is 13.3 Å². The van der Waals surface area contributed by atoms with Crippen LogP contribution in [-0.4, -0.2) is 41.7 Å². The van der Waals surface area contributed by atoms with Crippen molar-refractivity contribution in [2.24, 2.45) is 0 Å². The van der Waals surface area contributed by atoms with Gasteiger partial charge in [0.15, 0.2) is 0 Å². The van der Waals surface area contributed by atoms with Crippen molar-refractivity contribution in [2.75, 3.05) is 0 Å². The number of pyridine rings is 1. The molecule has 0 N–H and O–H groups in total. The van der Waals surface area contributed by atoms with Gasteiger partial charge in [0.25, 0.3) is 0 Å². The number of alkyl halides is 17. The zero-order valence-electron chi connectivity index (χ0n) is 19.9. The molecule has 0 aliphatic rings. The van der Waals surface area contributed by atoms with Gasteiger partial charge in [-0.2, -0.15) is 65.9 Å². The molecular weight excluding hydrogens is 740 g/mol. The third-order valence-corrected chi connectivity index (χ3v) is 6.08. The van der Waals surface area contributed by atoms with Gasteiger partial charge in [-0.3, -0.25) is 0 Å². The van der Waals surface area contributed by atoms with Crippen LogP contribution in [0.25, 0.3) is 21.8 Å². The first-order valence-corrected chi connectivity index (χ1v) is 10.8. The zero-order chi connectivity index (χ0) is 31.7. The summed E-state index contributed by atoms with van der Waals surface area (Å²) in [6, 6.07) is 1.61. The summed E-state index contributed by atoms with van der Waals surface area (Å²) in [7, 11) is 0. The van der Waals surface area contributed by atoms with E-state index >= 15 is 8.78 Å². The molecule has 1 heterocycles. The topological polar surface area (TPSA) is 3.88 Å². The highest BCUT2D eigenvalue weighted by Crippen LogP contribution is 2.63. The van der Waals surface area contributed by atoms with Gasteiger partial charge >= 0.3 is 47.8 Å². The van der Waals surface area contributed by atoms with Crippen LogP contribution in [0.5, 0.6) is 0 Å². The molecule has 2 aromatic carbocycles. The van der Waals surface area contributed by atoms with Crippen LogP contribution in [0.1, 0.15) is 12.8 Å². The highest BCUT2D eigenvalue weighted by atomic mass is 127. The van der Waals surface area contributed by atoms with Crippen molar-refractivity contribution in [1.82, 2.24) is 0 Å². The van der Waals surface area contributed by atoms with Crippen molar-refractivity contribution < 1.29 is 103 Å². The summed E-state index contributed by atoms with van der Waals surface area (Å²) < 4.78 is 237.